The number of carboxylic acids is 1. The van der Waals surface area contributed by atoms with E-state index in [-0.39, 0.29) is 17.7 Å². The zero-order valence-corrected chi connectivity index (χ0v) is 11.3. The lowest BCUT2D eigenvalue weighted by Gasteiger charge is -2.29. The number of fused-ring (bicyclic) bond motifs is 1. The molecule has 4 heteroatoms. The van der Waals surface area contributed by atoms with Crippen molar-refractivity contribution in [2.75, 3.05) is 0 Å². The van der Waals surface area contributed by atoms with Gasteiger partial charge in [0.25, 0.3) is 0 Å². The van der Waals surface area contributed by atoms with Crippen molar-refractivity contribution in [3.05, 3.63) is 0 Å². The van der Waals surface area contributed by atoms with Crippen LogP contribution in [0.15, 0.2) is 0 Å². The molecule has 3 atom stereocenters. The summed E-state index contributed by atoms with van der Waals surface area (Å²) in [5.74, 6) is 0.858. The highest BCUT2D eigenvalue weighted by Gasteiger charge is 2.48. The second kappa shape index (κ2) is 5.14. The molecule has 3 aliphatic rings. The maximum Gasteiger partial charge on any atom is 0.326 e. The highest BCUT2D eigenvalue weighted by Crippen LogP contribution is 2.54. The van der Waals surface area contributed by atoms with E-state index < -0.39 is 12.0 Å². The molecule has 2 N–H and O–H groups in total. The summed E-state index contributed by atoms with van der Waals surface area (Å²) in [6.07, 6.45) is 8.51. The van der Waals surface area contributed by atoms with E-state index in [4.69, 9.17) is 0 Å². The lowest BCUT2D eigenvalue weighted by molar-refractivity contribution is -0.144. The molecule has 0 radical (unpaired) electrons. The van der Waals surface area contributed by atoms with Gasteiger partial charge in [-0.05, 0) is 49.9 Å². The molecule has 3 saturated carbocycles. The van der Waals surface area contributed by atoms with Crippen LogP contribution in [0.25, 0.3) is 0 Å². The van der Waals surface area contributed by atoms with Crippen LogP contribution in [-0.4, -0.2) is 23.0 Å². The number of nitrogens with one attached hydrogen (secondary N) is 1. The third-order valence-electron chi connectivity index (χ3n) is 5.30. The zero-order chi connectivity index (χ0) is 13.4. The van der Waals surface area contributed by atoms with E-state index in [1.165, 1.54) is 12.8 Å². The van der Waals surface area contributed by atoms with Crippen molar-refractivity contribution in [2.45, 2.75) is 57.4 Å². The maximum absolute atomic E-state index is 12.2. The van der Waals surface area contributed by atoms with Gasteiger partial charge in [-0.2, -0.15) is 0 Å². The Morgan fingerprint density at radius 3 is 2.21 bits per heavy atom. The van der Waals surface area contributed by atoms with E-state index in [0.717, 1.165) is 50.4 Å². The van der Waals surface area contributed by atoms with Gasteiger partial charge in [-0.25, -0.2) is 4.79 Å². The highest BCUT2D eigenvalue weighted by atomic mass is 16.4. The lowest BCUT2D eigenvalue weighted by Crippen LogP contribution is -2.48. The standard InChI is InChI=1S/C15H23NO3/c17-14(12-7-10-6-11(10)8-12)16-13(15(18)19)9-4-2-1-3-5-9/h9-13H,1-8H2,(H,16,17)(H,18,19). The Morgan fingerprint density at radius 2 is 1.63 bits per heavy atom. The molecule has 0 saturated heterocycles. The van der Waals surface area contributed by atoms with E-state index in [1.54, 1.807) is 0 Å². The summed E-state index contributed by atoms with van der Waals surface area (Å²) in [5.41, 5.74) is 0. The molecule has 3 rings (SSSR count). The largest absolute Gasteiger partial charge is 0.480 e. The fraction of sp³-hybridized carbons (Fsp3) is 0.867. The first-order valence-corrected chi connectivity index (χ1v) is 7.68. The van der Waals surface area contributed by atoms with Gasteiger partial charge in [-0.15, -0.1) is 0 Å². The minimum Gasteiger partial charge on any atom is -0.480 e. The summed E-state index contributed by atoms with van der Waals surface area (Å²) in [6, 6.07) is -0.662. The van der Waals surface area contributed by atoms with Crippen LogP contribution >= 0.6 is 0 Å². The summed E-state index contributed by atoms with van der Waals surface area (Å²) in [4.78, 5) is 23.6. The molecule has 19 heavy (non-hydrogen) atoms. The fourth-order valence-corrected chi connectivity index (χ4v) is 4.05. The molecule has 3 unspecified atom stereocenters. The van der Waals surface area contributed by atoms with Gasteiger partial charge in [-0.1, -0.05) is 19.3 Å². The van der Waals surface area contributed by atoms with Gasteiger partial charge in [0.15, 0.2) is 0 Å². The fourth-order valence-electron chi connectivity index (χ4n) is 4.05. The monoisotopic (exact) mass is 265 g/mol. The number of hydrogen-bond donors (Lipinski definition) is 2. The average molecular weight is 265 g/mol. The second-order valence-corrected chi connectivity index (χ2v) is 6.65. The van der Waals surface area contributed by atoms with E-state index in [9.17, 15) is 14.7 Å². The average Bonchev–Trinajstić information content (AvgIpc) is 3.03. The Bertz CT molecular complexity index is 366. The van der Waals surface area contributed by atoms with Crippen molar-refractivity contribution in [3.63, 3.8) is 0 Å². The van der Waals surface area contributed by atoms with Crippen molar-refractivity contribution < 1.29 is 14.7 Å². The van der Waals surface area contributed by atoms with E-state index in [2.05, 4.69) is 5.32 Å². The molecule has 1 amide bonds. The van der Waals surface area contributed by atoms with Crippen molar-refractivity contribution >= 4 is 11.9 Å². The zero-order valence-electron chi connectivity index (χ0n) is 11.3. The van der Waals surface area contributed by atoms with Crippen LogP contribution in [0.1, 0.15) is 51.4 Å². The molecule has 0 aromatic rings. The molecule has 3 fully saturated rings. The number of amides is 1. The smallest absolute Gasteiger partial charge is 0.326 e. The van der Waals surface area contributed by atoms with Gasteiger partial charge < -0.3 is 10.4 Å². The van der Waals surface area contributed by atoms with Crippen LogP contribution in [0.5, 0.6) is 0 Å². The molecular formula is C15H23NO3. The van der Waals surface area contributed by atoms with Gasteiger partial charge in [0.1, 0.15) is 6.04 Å². The minimum absolute atomic E-state index is 0.00910. The van der Waals surface area contributed by atoms with Gasteiger partial charge in [0.2, 0.25) is 5.91 Å². The summed E-state index contributed by atoms with van der Waals surface area (Å²) in [6.45, 7) is 0. The summed E-state index contributed by atoms with van der Waals surface area (Å²) < 4.78 is 0. The van der Waals surface area contributed by atoms with Crippen LogP contribution in [0.3, 0.4) is 0 Å². The molecule has 106 valence electrons. The van der Waals surface area contributed by atoms with E-state index in [1.807, 2.05) is 0 Å². The first kappa shape index (κ1) is 12.9. The number of aliphatic carboxylic acids is 1. The SMILES string of the molecule is O=C(NC(C(=O)O)C1CCCCC1)C1CC2CC2C1. The molecule has 0 heterocycles. The Morgan fingerprint density at radius 1 is 1.00 bits per heavy atom. The van der Waals surface area contributed by atoms with E-state index >= 15 is 0 Å². The topological polar surface area (TPSA) is 66.4 Å². The molecule has 0 aromatic heterocycles. The summed E-state index contributed by atoms with van der Waals surface area (Å²) in [5, 5.41) is 12.2. The number of carbonyl (C=O) groups is 2. The molecule has 3 aliphatic carbocycles. The highest BCUT2D eigenvalue weighted by molar-refractivity contribution is 5.85. The molecular weight excluding hydrogens is 242 g/mol. The number of rotatable bonds is 4. The molecule has 0 bridgehead atoms. The van der Waals surface area contributed by atoms with Crippen LogP contribution in [0.2, 0.25) is 0 Å². The predicted molar refractivity (Wildman–Crippen MR) is 70.5 cm³/mol. The van der Waals surface area contributed by atoms with Crippen LogP contribution < -0.4 is 5.32 Å². The van der Waals surface area contributed by atoms with Gasteiger partial charge >= 0.3 is 5.97 Å². The quantitative estimate of drug-likeness (QED) is 0.818. The molecule has 0 spiro atoms. The number of carbonyl (C=O) groups excluding carboxylic acids is 1. The van der Waals surface area contributed by atoms with Crippen molar-refractivity contribution in [3.8, 4) is 0 Å². The van der Waals surface area contributed by atoms with Crippen molar-refractivity contribution in [1.29, 1.82) is 0 Å². The van der Waals surface area contributed by atoms with Gasteiger partial charge in [-0.3, -0.25) is 4.79 Å². The van der Waals surface area contributed by atoms with Crippen LogP contribution in [0, 0.1) is 23.7 Å². The second-order valence-electron chi connectivity index (χ2n) is 6.65. The third-order valence-corrected chi connectivity index (χ3v) is 5.30. The maximum atomic E-state index is 12.2. The van der Waals surface area contributed by atoms with Crippen LogP contribution in [-0.2, 0) is 9.59 Å². The Labute approximate surface area is 113 Å². The Hall–Kier alpha value is -1.06. The Kier molecular flexibility index (Phi) is 3.50. The van der Waals surface area contributed by atoms with Crippen molar-refractivity contribution in [1.82, 2.24) is 5.32 Å². The molecule has 4 nitrogen and oxygen atoms in total. The molecule has 0 aliphatic heterocycles. The molecule has 0 aromatic carbocycles. The first-order valence-electron chi connectivity index (χ1n) is 7.68. The van der Waals surface area contributed by atoms with E-state index in [0.29, 0.717) is 0 Å². The van der Waals surface area contributed by atoms with Gasteiger partial charge in [0.05, 0.1) is 0 Å². The third kappa shape index (κ3) is 2.77. The van der Waals surface area contributed by atoms with Crippen molar-refractivity contribution in [2.24, 2.45) is 23.7 Å². The first-order chi connectivity index (χ1) is 9.15. The summed E-state index contributed by atoms with van der Waals surface area (Å²) in [7, 11) is 0. The number of hydrogen-bond acceptors (Lipinski definition) is 2. The number of carboxylic acid groups (broad SMARTS) is 1. The lowest BCUT2D eigenvalue weighted by atomic mass is 9.83. The van der Waals surface area contributed by atoms with Crippen LogP contribution in [0.4, 0.5) is 0 Å². The minimum atomic E-state index is -0.858. The predicted octanol–water partition coefficient (Wildman–Crippen LogP) is 2.18. The summed E-state index contributed by atoms with van der Waals surface area (Å²) >= 11 is 0. The normalized spacial score (nSPS) is 35.5. The Balaban J connectivity index is 1.57. The van der Waals surface area contributed by atoms with Gasteiger partial charge in [0, 0.05) is 5.92 Å².